The van der Waals surface area contributed by atoms with E-state index in [0.717, 1.165) is 33.6 Å². The molecule has 0 aliphatic heterocycles. The molecule has 0 saturated carbocycles. The molecule has 7 heteroatoms. The Balaban J connectivity index is 1.90. The summed E-state index contributed by atoms with van der Waals surface area (Å²) in [6.45, 7) is 10.4. The van der Waals surface area contributed by atoms with Crippen LogP contribution in [0.1, 0.15) is 35.5 Å². The number of thioether (sulfide) groups is 1. The lowest BCUT2D eigenvalue weighted by Gasteiger charge is -2.12. The van der Waals surface area contributed by atoms with Crippen LogP contribution in [0.5, 0.6) is 5.75 Å². The van der Waals surface area contributed by atoms with E-state index in [1.54, 1.807) is 31.0 Å². The molecule has 2 aromatic heterocycles. The highest BCUT2D eigenvalue weighted by Gasteiger charge is 2.17. The summed E-state index contributed by atoms with van der Waals surface area (Å²) >= 11 is 1.54. The van der Waals surface area contributed by atoms with E-state index in [1.807, 2.05) is 42.7 Å². The maximum absolute atomic E-state index is 11.8. The molecule has 0 saturated heterocycles. The molecule has 1 aromatic carbocycles. The fraction of sp³-hybridized carbons (Fsp3) is 0.286. The Kier molecular flexibility index (Phi) is 6.36. The Morgan fingerprint density at radius 1 is 1.36 bits per heavy atom. The van der Waals surface area contributed by atoms with Crippen molar-refractivity contribution in [3.05, 3.63) is 60.1 Å². The van der Waals surface area contributed by atoms with Crippen molar-refractivity contribution in [3.63, 3.8) is 0 Å². The molecule has 0 amide bonds. The van der Waals surface area contributed by atoms with E-state index in [1.165, 1.54) is 0 Å². The first-order valence-electron chi connectivity index (χ1n) is 9.03. The first-order chi connectivity index (χ1) is 13.5. The molecule has 146 valence electrons. The number of aromatic nitrogens is 3. The largest absolute Gasteiger partial charge is 0.494 e. The fourth-order valence-electron chi connectivity index (χ4n) is 2.86. The number of carbonyl (C=O) groups is 1. The second-order valence-corrected chi connectivity index (χ2v) is 7.14. The molecule has 3 aromatic rings. The first kappa shape index (κ1) is 19.9. The van der Waals surface area contributed by atoms with Crippen molar-refractivity contribution in [2.24, 2.45) is 0 Å². The topological polar surface area (TPSA) is 70.2 Å². The normalized spacial score (nSPS) is 10.8. The van der Waals surface area contributed by atoms with Gasteiger partial charge in [0.25, 0.3) is 0 Å². The number of furan rings is 1. The summed E-state index contributed by atoms with van der Waals surface area (Å²) in [5.74, 6) is 2.96. The maximum Gasteiger partial charge on any atom is 0.192 e. The molecule has 3 rings (SSSR count). The van der Waals surface area contributed by atoms with Crippen molar-refractivity contribution >= 4 is 17.5 Å². The summed E-state index contributed by atoms with van der Waals surface area (Å²) in [4.78, 5) is 11.8. The molecule has 2 heterocycles. The zero-order valence-electron chi connectivity index (χ0n) is 16.3. The quantitative estimate of drug-likeness (QED) is 0.290. The van der Waals surface area contributed by atoms with E-state index in [9.17, 15) is 4.79 Å². The van der Waals surface area contributed by atoms with Gasteiger partial charge < -0.3 is 9.15 Å². The number of carbonyl (C=O) groups excluding carboxylic acids is 1. The predicted octanol–water partition coefficient (Wildman–Crippen LogP) is 4.93. The van der Waals surface area contributed by atoms with Gasteiger partial charge in [0.15, 0.2) is 16.8 Å². The zero-order chi connectivity index (χ0) is 20.1. The Morgan fingerprint density at radius 2 is 2.18 bits per heavy atom. The van der Waals surface area contributed by atoms with Crippen molar-refractivity contribution in [3.8, 4) is 17.1 Å². The van der Waals surface area contributed by atoms with Crippen molar-refractivity contribution in [1.82, 2.24) is 14.8 Å². The van der Waals surface area contributed by atoms with Gasteiger partial charge in [-0.05, 0) is 45.0 Å². The van der Waals surface area contributed by atoms with Crippen molar-refractivity contribution in [2.45, 2.75) is 38.2 Å². The summed E-state index contributed by atoms with van der Waals surface area (Å²) in [6.07, 6.45) is 3.46. The maximum atomic E-state index is 11.8. The molecule has 0 unspecified atom stereocenters. The Bertz CT molecular complexity index is 991. The lowest BCUT2D eigenvalue weighted by molar-refractivity contribution is 0.101. The number of ether oxygens (including phenoxy) is 1. The molecular weight excluding hydrogens is 374 g/mol. The van der Waals surface area contributed by atoms with Gasteiger partial charge in [0.05, 0.1) is 18.4 Å². The number of allylic oxidation sites excluding steroid dienone is 1. The van der Waals surface area contributed by atoms with Crippen LogP contribution in [0.4, 0.5) is 0 Å². The van der Waals surface area contributed by atoms with Gasteiger partial charge in [-0.3, -0.25) is 9.36 Å². The molecule has 0 aliphatic carbocycles. The van der Waals surface area contributed by atoms with Gasteiger partial charge in [-0.15, -0.1) is 16.8 Å². The molecule has 0 N–H and O–H groups in total. The number of benzene rings is 1. The number of hydrogen-bond acceptors (Lipinski definition) is 6. The number of rotatable bonds is 9. The minimum atomic E-state index is 0.0295. The monoisotopic (exact) mass is 397 g/mol. The van der Waals surface area contributed by atoms with E-state index in [2.05, 4.69) is 16.8 Å². The van der Waals surface area contributed by atoms with Gasteiger partial charge in [-0.2, -0.15) is 0 Å². The van der Waals surface area contributed by atoms with Crippen LogP contribution in [0.15, 0.2) is 52.8 Å². The minimum absolute atomic E-state index is 0.0295. The Morgan fingerprint density at radius 3 is 2.82 bits per heavy atom. The van der Waals surface area contributed by atoms with Crippen LogP contribution in [0.2, 0.25) is 0 Å². The molecule has 0 atom stereocenters. The Labute approximate surface area is 168 Å². The number of aryl methyl sites for hydroxylation is 1. The average Bonchev–Trinajstić information content (AvgIpc) is 3.27. The van der Waals surface area contributed by atoms with Crippen LogP contribution in [0.3, 0.4) is 0 Å². The third-order valence-electron chi connectivity index (χ3n) is 4.25. The van der Waals surface area contributed by atoms with Crippen LogP contribution in [-0.2, 0) is 12.3 Å². The van der Waals surface area contributed by atoms with Gasteiger partial charge in [-0.25, -0.2) is 0 Å². The molecule has 28 heavy (non-hydrogen) atoms. The summed E-state index contributed by atoms with van der Waals surface area (Å²) in [6, 6.07) is 7.42. The van der Waals surface area contributed by atoms with E-state index >= 15 is 0 Å². The minimum Gasteiger partial charge on any atom is -0.494 e. The standard InChI is InChI=1S/C21H23N3O3S/c1-5-10-24-20(18-9-11-27-15(18)4)22-23-21(24)28-13-17-12-16(14(3)25)7-8-19(17)26-6-2/h5,7-9,11-12H,1,6,10,13H2,2-4H3. The van der Waals surface area contributed by atoms with Gasteiger partial charge in [0.1, 0.15) is 11.5 Å². The van der Waals surface area contributed by atoms with Gasteiger partial charge >= 0.3 is 0 Å². The smallest absolute Gasteiger partial charge is 0.192 e. The first-order valence-corrected chi connectivity index (χ1v) is 10.0. The van der Waals surface area contributed by atoms with E-state index in [-0.39, 0.29) is 5.78 Å². The summed E-state index contributed by atoms with van der Waals surface area (Å²) < 4.78 is 13.1. The van der Waals surface area contributed by atoms with Crippen molar-refractivity contribution in [2.75, 3.05) is 6.61 Å². The fourth-order valence-corrected chi connectivity index (χ4v) is 3.78. The second-order valence-electron chi connectivity index (χ2n) is 6.20. The molecule has 6 nitrogen and oxygen atoms in total. The van der Waals surface area contributed by atoms with Crippen molar-refractivity contribution < 1.29 is 13.9 Å². The molecule has 0 aliphatic rings. The average molecular weight is 398 g/mol. The van der Waals surface area contributed by atoms with E-state index < -0.39 is 0 Å². The highest BCUT2D eigenvalue weighted by molar-refractivity contribution is 7.98. The lowest BCUT2D eigenvalue weighted by Crippen LogP contribution is -2.02. The van der Waals surface area contributed by atoms with Crippen LogP contribution in [0, 0.1) is 6.92 Å². The zero-order valence-corrected chi connectivity index (χ0v) is 17.1. The molecule has 0 spiro atoms. The number of hydrogen-bond donors (Lipinski definition) is 0. The number of ketones is 1. The summed E-state index contributed by atoms with van der Waals surface area (Å²) in [7, 11) is 0. The van der Waals surface area contributed by atoms with Crippen LogP contribution in [-0.4, -0.2) is 27.2 Å². The van der Waals surface area contributed by atoms with Gasteiger partial charge in [-0.1, -0.05) is 17.8 Å². The van der Waals surface area contributed by atoms with E-state index in [4.69, 9.17) is 9.15 Å². The van der Waals surface area contributed by atoms with Crippen LogP contribution in [0.25, 0.3) is 11.4 Å². The second kappa shape index (κ2) is 8.93. The third kappa shape index (κ3) is 4.20. The predicted molar refractivity (Wildman–Crippen MR) is 110 cm³/mol. The molecule has 0 fully saturated rings. The lowest BCUT2D eigenvalue weighted by atomic mass is 10.1. The highest BCUT2D eigenvalue weighted by atomic mass is 32.2. The molecule has 0 radical (unpaired) electrons. The van der Waals surface area contributed by atoms with Crippen LogP contribution >= 0.6 is 11.8 Å². The molecule has 0 bridgehead atoms. The van der Waals surface area contributed by atoms with Crippen molar-refractivity contribution in [1.29, 1.82) is 0 Å². The third-order valence-corrected chi connectivity index (χ3v) is 5.27. The van der Waals surface area contributed by atoms with Gasteiger partial charge in [0, 0.05) is 23.4 Å². The van der Waals surface area contributed by atoms with Gasteiger partial charge in [0.2, 0.25) is 0 Å². The summed E-state index contributed by atoms with van der Waals surface area (Å²) in [5, 5.41) is 9.48. The van der Waals surface area contributed by atoms with E-state index in [0.29, 0.717) is 24.5 Å². The number of nitrogens with zero attached hydrogens (tertiary/aromatic N) is 3. The molecular formula is C21H23N3O3S. The number of Topliss-reactive ketones (excluding diaryl/α,β-unsaturated/α-hetero) is 1. The Hall–Kier alpha value is -2.80. The summed E-state index contributed by atoms with van der Waals surface area (Å²) in [5.41, 5.74) is 2.53. The highest BCUT2D eigenvalue weighted by Crippen LogP contribution is 2.31. The van der Waals surface area contributed by atoms with Crippen LogP contribution < -0.4 is 4.74 Å². The SMILES string of the molecule is C=CCn1c(SCc2cc(C(C)=O)ccc2OCC)nnc1-c1ccoc1C.